The molecule has 3 unspecified atom stereocenters. The predicted molar refractivity (Wildman–Crippen MR) is 192 cm³/mol. The summed E-state index contributed by atoms with van der Waals surface area (Å²) in [5.41, 5.74) is 1.17. The molecule has 2 N–H and O–H groups in total. The SMILES string of the molecule is CCC.CCC.CCCCC(CC)COc1cc(C)cc(OCC(CC)CCCC)c1OCC(CC)CCCC.COON. The highest BCUT2D eigenvalue weighted by Gasteiger charge is 2.19. The number of ether oxygens (including phenoxy) is 3. The fraction of sp³-hybridized carbons (Fsp3) is 0.842. The van der Waals surface area contributed by atoms with Gasteiger partial charge < -0.3 is 14.2 Å². The number of hydrogen-bond donors (Lipinski definition) is 1. The summed E-state index contributed by atoms with van der Waals surface area (Å²) in [7, 11) is 1.33. The molecule has 6 heteroatoms. The summed E-state index contributed by atoms with van der Waals surface area (Å²) in [5.74, 6) is 8.58. The van der Waals surface area contributed by atoms with E-state index in [1.807, 2.05) is 0 Å². The molecule has 0 aliphatic rings. The van der Waals surface area contributed by atoms with Gasteiger partial charge in [-0.3, -0.25) is 0 Å². The lowest BCUT2D eigenvalue weighted by Gasteiger charge is -2.23. The Hall–Kier alpha value is -1.50. The summed E-state index contributed by atoms with van der Waals surface area (Å²) in [4.78, 5) is 7.36. The van der Waals surface area contributed by atoms with Gasteiger partial charge in [-0.2, -0.15) is 5.90 Å². The molecule has 0 radical (unpaired) electrons. The van der Waals surface area contributed by atoms with Gasteiger partial charge in [-0.1, -0.05) is 140 Å². The number of rotatable bonds is 22. The maximum Gasteiger partial charge on any atom is 0.203 e. The van der Waals surface area contributed by atoms with E-state index < -0.39 is 0 Å². The predicted octanol–water partition coefficient (Wildman–Crippen LogP) is 12.1. The van der Waals surface area contributed by atoms with E-state index in [1.54, 1.807) is 0 Å². The standard InChI is InChI=1S/C31H56O3.2C3H8.CH5NO2/c1-8-14-17-26(11-4)22-32-29-20-25(7)21-30(33-23-27(12-5)18-15-9-2)31(29)34-24-28(13-6)19-16-10-3;2*1-3-2;1-3-4-2/h20-21,26-28H,8-19,22-24H2,1-7H3;2*3H2,1-2H3;2H2,1H3. The van der Waals surface area contributed by atoms with Crippen LogP contribution in [0.15, 0.2) is 12.1 Å². The lowest BCUT2D eigenvalue weighted by molar-refractivity contribution is -0.277. The molecule has 1 aromatic carbocycles. The molecule has 1 aromatic rings. The van der Waals surface area contributed by atoms with Gasteiger partial charge in [-0.05, 0) is 61.6 Å². The Morgan fingerprint density at radius 2 is 0.864 bits per heavy atom. The van der Waals surface area contributed by atoms with E-state index in [9.17, 15) is 0 Å². The van der Waals surface area contributed by atoms with Gasteiger partial charge in [0.2, 0.25) is 5.75 Å². The zero-order valence-electron chi connectivity index (χ0n) is 31.5. The highest BCUT2D eigenvalue weighted by atomic mass is 17.3. The van der Waals surface area contributed by atoms with Crippen LogP contribution in [0.3, 0.4) is 0 Å². The number of unbranched alkanes of at least 4 members (excludes halogenated alkanes) is 3. The maximum atomic E-state index is 6.52. The first-order valence-electron chi connectivity index (χ1n) is 18.2. The molecule has 0 saturated carbocycles. The summed E-state index contributed by atoms with van der Waals surface area (Å²) in [6.07, 6.45) is 17.1. The van der Waals surface area contributed by atoms with Gasteiger partial charge in [0.1, 0.15) is 0 Å². The van der Waals surface area contributed by atoms with E-state index in [0.29, 0.717) is 17.8 Å². The van der Waals surface area contributed by atoms with Gasteiger partial charge in [0, 0.05) is 0 Å². The zero-order valence-corrected chi connectivity index (χ0v) is 31.5. The van der Waals surface area contributed by atoms with Crippen molar-refractivity contribution in [2.45, 2.75) is 166 Å². The van der Waals surface area contributed by atoms with Crippen LogP contribution in [0.25, 0.3) is 0 Å². The highest BCUT2D eigenvalue weighted by molar-refractivity contribution is 5.53. The third-order valence-electron chi connectivity index (χ3n) is 7.30. The molecule has 0 aliphatic heterocycles. The second-order valence-electron chi connectivity index (χ2n) is 11.9. The summed E-state index contributed by atoms with van der Waals surface area (Å²) in [6.45, 7) is 26.4. The second kappa shape index (κ2) is 36.0. The summed E-state index contributed by atoms with van der Waals surface area (Å²) in [5, 5.41) is 0. The normalized spacial score (nSPS) is 12.3. The number of benzene rings is 1. The van der Waals surface area contributed by atoms with Crippen molar-refractivity contribution < 1.29 is 24.1 Å². The van der Waals surface area contributed by atoms with Crippen molar-refractivity contribution in [1.29, 1.82) is 0 Å². The first kappa shape index (κ1) is 46.9. The Bertz CT molecular complexity index is 655. The maximum absolute atomic E-state index is 6.52. The molecule has 0 aromatic heterocycles. The van der Waals surface area contributed by atoms with Crippen molar-refractivity contribution in [2.75, 3.05) is 26.9 Å². The number of nitrogens with two attached hydrogens (primary N) is 1. The Morgan fingerprint density at radius 3 is 1.11 bits per heavy atom. The Morgan fingerprint density at radius 1 is 0.568 bits per heavy atom. The molecule has 0 bridgehead atoms. The van der Waals surface area contributed by atoms with E-state index in [1.165, 1.54) is 83.3 Å². The van der Waals surface area contributed by atoms with Crippen LogP contribution in [0.4, 0.5) is 0 Å². The lowest BCUT2D eigenvalue weighted by Crippen LogP contribution is -2.16. The fourth-order valence-electron chi connectivity index (χ4n) is 4.38. The van der Waals surface area contributed by atoms with E-state index in [4.69, 9.17) is 14.2 Å². The van der Waals surface area contributed by atoms with Crippen LogP contribution in [0.5, 0.6) is 17.2 Å². The van der Waals surface area contributed by atoms with E-state index in [2.05, 4.69) is 104 Å². The van der Waals surface area contributed by atoms with Crippen molar-refractivity contribution >= 4 is 0 Å². The number of aryl methyl sites for hydroxylation is 1. The van der Waals surface area contributed by atoms with Crippen LogP contribution in [-0.2, 0) is 9.88 Å². The molecular weight excluding hydrogens is 550 g/mol. The highest BCUT2D eigenvalue weighted by Crippen LogP contribution is 2.40. The van der Waals surface area contributed by atoms with Gasteiger partial charge in [0.05, 0.1) is 26.9 Å². The quantitative estimate of drug-likeness (QED) is 0.102. The van der Waals surface area contributed by atoms with Crippen molar-refractivity contribution in [3.05, 3.63) is 17.7 Å². The summed E-state index contributed by atoms with van der Waals surface area (Å²) >= 11 is 0. The third kappa shape index (κ3) is 26.9. The van der Waals surface area contributed by atoms with Crippen molar-refractivity contribution in [3.8, 4) is 17.2 Å². The molecule has 0 fully saturated rings. The van der Waals surface area contributed by atoms with Gasteiger partial charge in [-0.15, -0.1) is 4.99 Å². The van der Waals surface area contributed by atoms with Crippen LogP contribution >= 0.6 is 0 Å². The summed E-state index contributed by atoms with van der Waals surface area (Å²) in [6, 6.07) is 4.27. The topological polar surface area (TPSA) is 72.2 Å². The zero-order chi connectivity index (χ0) is 34.0. The fourth-order valence-corrected chi connectivity index (χ4v) is 4.38. The molecule has 0 heterocycles. The van der Waals surface area contributed by atoms with Crippen LogP contribution in [0.1, 0.15) is 165 Å². The monoisotopic (exact) mass is 628 g/mol. The van der Waals surface area contributed by atoms with Crippen molar-refractivity contribution in [3.63, 3.8) is 0 Å². The first-order chi connectivity index (χ1) is 21.3. The van der Waals surface area contributed by atoms with Crippen LogP contribution in [-0.4, -0.2) is 26.9 Å². The average molecular weight is 628 g/mol. The third-order valence-corrected chi connectivity index (χ3v) is 7.30. The van der Waals surface area contributed by atoms with Gasteiger partial charge in [0.25, 0.3) is 0 Å². The van der Waals surface area contributed by atoms with E-state index in [-0.39, 0.29) is 0 Å². The van der Waals surface area contributed by atoms with Crippen LogP contribution < -0.4 is 20.1 Å². The molecule has 0 saturated heterocycles. The molecule has 3 atom stereocenters. The average Bonchev–Trinajstić information content (AvgIpc) is 3.02. The molecule has 1 rings (SSSR count). The number of hydrogen-bond acceptors (Lipinski definition) is 6. The minimum atomic E-state index is 0.572. The molecule has 44 heavy (non-hydrogen) atoms. The van der Waals surface area contributed by atoms with Gasteiger partial charge >= 0.3 is 0 Å². The van der Waals surface area contributed by atoms with Gasteiger partial charge in [-0.25, -0.2) is 4.89 Å². The smallest absolute Gasteiger partial charge is 0.203 e. The minimum absolute atomic E-state index is 0.572. The second-order valence-corrected chi connectivity index (χ2v) is 11.9. The Kier molecular flexibility index (Phi) is 38.4. The minimum Gasteiger partial charge on any atom is -0.489 e. The van der Waals surface area contributed by atoms with Gasteiger partial charge in [0.15, 0.2) is 11.5 Å². The molecular formula is C38H77NO5. The van der Waals surface area contributed by atoms with Crippen LogP contribution in [0.2, 0.25) is 0 Å². The van der Waals surface area contributed by atoms with Crippen molar-refractivity contribution in [2.24, 2.45) is 23.7 Å². The van der Waals surface area contributed by atoms with E-state index >= 15 is 0 Å². The molecule has 0 aliphatic carbocycles. The molecule has 0 spiro atoms. The molecule has 0 amide bonds. The lowest BCUT2D eigenvalue weighted by atomic mass is 10.0. The Labute approximate surface area is 275 Å². The Balaban J connectivity index is -0.00000146. The largest absolute Gasteiger partial charge is 0.489 e. The molecule has 6 nitrogen and oxygen atoms in total. The molecule has 264 valence electrons. The van der Waals surface area contributed by atoms with E-state index in [0.717, 1.165) is 56.3 Å². The van der Waals surface area contributed by atoms with Crippen LogP contribution in [0, 0.1) is 24.7 Å². The summed E-state index contributed by atoms with van der Waals surface area (Å²) < 4.78 is 19.4. The first-order valence-corrected chi connectivity index (χ1v) is 18.2. The van der Waals surface area contributed by atoms with Crippen molar-refractivity contribution in [1.82, 2.24) is 0 Å².